The SMILES string of the molecule is O=C(CSc1nnc(-c2ccc(S(=O)(=O)N3CCCCC3)cc2)o1)N1CCCC1. The molecule has 0 bridgehead atoms. The molecule has 29 heavy (non-hydrogen) atoms. The van der Waals surface area contributed by atoms with E-state index in [9.17, 15) is 13.2 Å². The number of amides is 1. The van der Waals surface area contributed by atoms with Crippen LogP contribution in [-0.2, 0) is 14.8 Å². The highest BCUT2D eigenvalue weighted by Gasteiger charge is 2.26. The summed E-state index contributed by atoms with van der Waals surface area (Å²) >= 11 is 1.22. The number of carbonyl (C=O) groups excluding carboxylic acids is 1. The van der Waals surface area contributed by atoms with Crippen molar-refractivity contribution in [3.8, 4) is 11.5 Å². The van der Waals surface area contributed by atoms with E-state index in [1.807, 2.05) is 4.90 Å². The molecule has 4 rings (SSSR count). The second-order valence-electron chi connectivity index (χ2n) is 7.24. The number of rotatable bonds is 6. The minimum Gasteiger partial charge on any atom is -0.411 e. The van der Waals surface area contributed by atoms with Crippen molar-refractivity contribution in [2.75, 3.05) is 31.9 Å². The lowest BCUT2D eigenvalue weighted by molar-refractivity contribution is -0.127. The van der Waals surface area contributed by atoms with Gasteiger partial charge in [0.1, 0.15) is 0 Å². The van der Waals surface area contributed by atoms with E-state index >= 15 is 0 Å². The minimum absolute atomic E-state index is 0.0829. The number of hydrogen-bond acceptors (Lipinski definition) is 7. The molecule has 2 aliphatic rings. The first kappa shape index (κ1) is 20.4. The van der Waals surface area contributed by atoms with Crippen molar-refractivity contribution < 1.29 is 17.6 Å². The molecule has 1 aromatic heterocycles. The number of hydrogen-bond donors (Lipinski definition) is 0. The molecule has 3 heterocycles. The van der Waals surface area contributed by atoms with Crippen molar-refractivity contribution in [3.05, 3.63) is 24.3 Å². The molecule has 0 unspecified atom stereocenters. The highest BCUT2D eigenvalue weighted by atomic mass is 32.2. The Hall–Kier alpha value is -1.91. The van der Waals surface area contributed by atoms with E-state index in [4.69, 9.17) is 4.42 Å². The quantitative estimate of drug-likeness (QED) is 0.642. The van der Waals surface area contributed by atoms with Crippen molar-refractivity contribution >= 4 is 27.7 Å². The monoisotopic (exact) mass is 436 g/mol. The van der Waals surface area contributed by atoms with Crippen molar-refractivity contribution in [1.29, 1.82) is 0 Å². The molecule has 0 radical (unpaired) electrons. The van der Waals surface area contributed by atoms with Crippen LogP contribution in [0.25, 0.3) is 11.5 Å². The normalized spacial score (nSPS) is 18.3. The van der Waals surface area contributed by atoms with Crippen LogP contribution < -0.4 is 0 Å². The second-order valence-corrected chi connectivity index (χ2v) is 10.1. The third-order valence-corrected chi connectivity index (χ3v) is 7.95. The Kier molecular flexibility index (Phi) is 6.21. The average molecular weight is 437 g/mol. The maximum atomic E-state index is 12.7. The van der Waals surface area contributed by atoms with Crippen LogP contribution in [0, 0.1) is 0 Å². The molecular weight excluding hydrogens is 412 g/mol. The van der Waals surface area contributed by atoms with Crippen molar-refractivity contribution in [2.45, 2.75) is 42.2 Å². The number of benzene rings is 1. The fraction of sp³-hybridized carbons (Fsp3) is 0.526. The zero-order valence-electron chi connectivity index (χ0n) is 16.1. The number of aromatic nitrogens is 2. The van der Waals surface area contributed by atoms with Gasteiger partial charge in [0.2, 0.25) is 21.8 Å². The number of nitrogens with zero attached hydrogens (tertiary/aromatic N) is 4. The number of piperidine rings is 1. The molecule has 2 aromatic rings. The molecule has 1 aromatic carbocycles. The Morgan fingerprint density at radius 1 is 0.966 bits per heavy atom. The molecule has 0 N–H and O–H groups in total. The summed E-state index contributed by atoms with van der Waals surface area (Å²) in [6.07, 6.45) is 5.00. The van der Waals surface area contributed by atoms with E-state index in [0.29, 0.717) is 29.8 Å². The number of thioether (sulfide) groups is 1. The lowest BCUT2D eigenvalue weighted by Gasteiger charge is -2.25. The molecule has 0 aliphatic carbocycles. The van der Waals surface area contributed by atoms with Gasteiger partial charge in [0.25, 0.3) is 5.22 Å². The third-order valence-electron chi connectivity index (χ3n) is 5.24. The molecular formula is C19H24N4O4S2. The maximum absolute atomic E-state index is 12.7. The Bertz CT molecular complexity index is 947. The molecule has 10 heteroatoms. The van der Waals surface area contributed by atoms with Gasteiger partial charge in [-0.1, -0.05) is 18.2 Å². The molecule has 2 fully saturated rings. The van der Waals surface area contributed by atoms with Gasteiger partial charge in [0, 0.05) is 31.7 Å². The molecule has 2 saturated heterocycles. The Morgan fingerprint density at radius 2 is 1.62 bits per heavy atom. The molecule has 156 valence electrons. The standard InChI is InChI=1S/C19H24N4O4S2/c24-17(22-10-4-5-11-22)14-28-19-21-20-18(27-19)15-6-8-16(9-7-15)29(25,26)23-12-2-1-3-13-23/h6-9H,1-5,10-14H2. The van der Waals surface area contributed by atoms with Gasteiger partial charge in [-0.15, -0.1) is 10.2 Å². The first-order chi connectivity index (χ1) is 14.0. The van der Waals surface area contributed by atoms with Crippen LogP contribution >= 0.6 is 11.8 Å². The summed E-state index contributed by atoms with van der Waals surface area (Å²) in [5.74, 6) is 0.664. The Labute approximate surface area is 174 Å². The molecule has 0 atom stereocenters. The van der Waals surface area contributed by atoms with Crippen LogP contribution in [-0.4, -0.2) is 65.7 Å². The summed E-state index contributed by atoms with van der Waals surface area (Å²) in [4.78, 5) is 14.2. The Balaban J connectivity index is 1.39. The van der Waals surface area contributed by atoms with Crippen LogP contribution in [0.5, 0.6) is 0 Å². The molecule has 8 nitrogen and oxygen atoms in total. The van der Waals surface area contributed by atoms with Gasteiger partial charge in [-0.3, -0.25) is 4.79 Å². The maximum Gasteiger partial charge on any atom is 0.277 e. The summed E-state index contributed by atoms with van der Waals surface area (Å²) < 4.78 is 32.6. The van der Waals surface area contributed by atoms with Crippen LogP contribution in [0.2, 0.25) is 0 Å². The predicted octanol–water partition coefficient (Wildman–Crippen LogP) is 2.63. The summed E-state index contributed by atoms with van der Waals surface area (Å²) in [6, 6.07) is 6.50. The summed E-state index contributed by atoms with van der Waals surface area (Å²) in [5.41, 5.74) is 0.646. The Morgan fingerprint density at radius 3 is 2.31 bits per heavy atom. The lowest BCUT2D eigenvalue weighted by Crippen LogP contribution is -2.35. The predicted molar refractivity (Wildman–Crippen MR) is 109 cm³/mol. The molecule has 0 saturated carbocycles. The minimum atomic E-state index is -3.46. The van der Waals surface area contributed by atoms with E-state index in [1.54, 1.807) is 28.6 Å². The topological polar surface area (TPSA) is 96.6 Å². The molecule has 2 aliphatic heterocycles. The average Bonchev–Trinajstić information content (AvgIpc) is 3.45. The zero-order chi connectivity index (χ0) is 20.3. The third kappa shape index (κ3) is 4.65. The molecule has 1 amide bonds. The van der Waals surface area contributed by atoms with Gasteiger partial charge in [-0.2, -0.15) is 4.31 Å². The van der Waals surface area contributed by atoms with E-state index in [-0.39, 0.29) is 16.6 Å². The van der Waals surface area contributed by atoms with Gasteiger partial charge in [0.05, 0.1) is 10.6 Å². The number of likely N-dealkylation sites (tertiary alicyclic amines) is 1. The highest BCUT2D eigenvalue weighted by molar-refractivity contribution is 7.99. The summed E-state index contributed by atoms with van der Waals surface area (Å²) in [7, 11) is -3.46. The first-order valence-corrected chi connectivity index (χ1v) is 12.3. The van der Waals surface area contributed by atoms with Crippen molar-refractivity contribution in [3.63, 3.8) is 0 Å². The van der Waals surface area contributed by atoms with E-state index in [0.717, 1.165) is 45.2 Å². The van der Waals surface area contributed by atoms with Gasteiger partial charge >= 0.3 is 0 Å². The fourth-order valence-corrected chi connectivity index (χ4v) is 5.77. The summed E-state index contributed by atoms with van der Waals surface area (Å²) in [6.45, 7) is 2.79. The van der Waals surface area contributed by atoms with Gasteiger partial charge in [-0.05, 0) is 49.9 Å². The molecule has 0 spiro atoms. The van der Waals surface area contributed by atoms with Crippen molar-refractivity contribution in [2.24, 2.45) is 0 Å². The van der Waals surface area contributed by atoms with Gasteiger partial charge in [-0.25, -0.2) is 8.42 Å². The first-order valence-electron chi connectivity index (χ1n) is 9.89. The largest absolute Gasteiger partial charge is 0.411 e. The highest BCUT2D eigenvalue weighted by Crippen LogP contribution is 2.26. The van der Waals surface area contributed by atoms with Crippen LogP contribution in [0.1, 0.15) is 32.1 Å². The van der Waals surface area contributed by atoms with Gasteiger partial charge < -0.3 is 9.32 Å². The lowest BCUT2D eigenvalue weighted by atomic mass is 10.2. The van der Waals surface area contributed by atoms with Gasteiger partial charge in [0.15, 0.2) is 0 Å². The van der Waals surface area contributed by atoms with E-state index in [1.165, 1.54) is 11.8 Å². The van der Waals surface area contributed by atoms with E-state index in [2.05, 4.69) is 10.2 Å². The second kappa shape index (κ2) is 8.85. The number of carbonyl (C=O) groups is 1. The fourth-order valence-electron chi connectivity index (χ4n) is 3.59. The van der Waals surface area contributed by atoms with Crippen LogP contribution in [0.3, 0.4) is 0 Å². The van der Waals surface area contributed by atoms with Crippen LogP contribution in [0.4, 0.5) is 0 Å². The smallest absolute Gasteiger partial charge is 0.277 e. The van der Waals surface area contributed by atoms with Crippen molar-refractivity contribution in [1.82, 2.24) is 19.4 Å². The zero-order valence-corrected chi connectivity index (χ0v) is 17.8. The number of sulfonamides is 1. The summed E-state index contributed by atoms with van der Waals surface area (Å²) in [5, 5.41) is 8.34. The van der Waals surface area contributed by atoms with Crippen LogP contribution in [0.15, 0.2) is 38.8 Å². The van der Waals surface area contributed by atoms with E-state index < -0.39 is 10.0 Å².